The molecule has 0 radical (unpaired) electrons. The number of nitrogens with one attached hydrogen (secondary N) is 1. The minimum absolute atomic E-state index is 0.0324. The maximum absolute atomic E-state index is 13.6. The van der Waals surface area contributed by atoms with Crippen molar-refractivity contribution >= 4 is 19.7 Å². The summed E-state index contributed by atoms with van der Waals surface area (Å²) in [5.41, 5.74) is 0. The fraction of sp³-hybridized carbons (Fsp3) is 0.753. The van der Waals surface area contributed by atoms with Crippen molar-refractivity contribution in [1.82, 2.24) is 5.32 Å². The Labute approximate surface area is 513 Å². The van der Waals surface area contributed by atoms with E-state index >= 15 is 0 Å². The molecule has 0 aliphatic carbocycles. The zero-order chi connectivity index (χ0) is 60.7. The molecule has 0 aliphatic heterocycles. The normalized spacial score (nSPS) is 14.2. The second-order valence-electron chi connectivity index (χ2n) is 24.3. The van der Waals surface area contributed by atoms with Gasteiger partial charge < -0.3 is 19.4 Å². The first-order valence-corrected chi connectivity index (χ1v) is 36.1. The molecule has 2 N–H and O–H groups in total. The van der Waals surface area contributed by atoms with Crippen LogP contribution < -0.4 is 5.32 Å². The Bertz CT molecular complexity index is 1740. The van der Waals surface area contributed by atoms with E-state index in [1.807, 2.05) is 33.3 Å². The number of esters is 1. The molecule has 0 saturated carbocycles. The van der Waals surface area contributed by atoms with Crippen LogP contribution >= 0.6 is 7.82 Å². The summed E-state index contributed by atoms with van der Waals surface area (Å²) in [6.07, 6.45) is 84.1. The summed E-state index contributed by atoms with van der Waals surface area (Å²) >= 11 is 0. The number of nitrogens with zero attached hydrogens (tertiary/aromatic N) is 1. The molecule has 0 bridgehead atoms. The molecule has 0 aromatic heterocycles. The number of hydrogen-bond donors (Lipinski definition) is 2. The SMILES string of the molecule is CC/C=C\C/C=C\C/C=C\C/C=C\C/C=C\CCCCCCCC(=O)NC(COP(=O)(O)OCC[N+](C)(C)C)C(/C=C/CCCCCCCCCCCCC)OC(=O)CCCCCCCCCCCCCCC/C=C\C/C=C\CCCCC. The molecule has 9 nitrogen and oxygen atoms in total. The van der Waals surface area contributed by atoms with E-state index in [4.69, 9.17) is 13.8 Å². The molecule has 3 atom stereocenters. The van der Waals surface area contributed by atoms with Gasteiger partial charge >= 0.3 is 13.8 Å². The van der Waals surface area contributed by atoms with E-state index in [0.717, 1.165) is 116 Å². The number of phosphoric acid groups is 1. The van der Waals surface area contributed by atoms with Gasteiger partial charge in [-0.15, -0.1) is 0 Å². The number of amides is 1. The highest BCUT2D eigenvalue weighted by atomic mass is 31.2. The molecule has 10 heteroatoms. The number of quaternary nitrogens is 1. The summed E-state index contributed by atoms with van der Waals surface area (Å²) in [5.74, 6) is -0.524. The van der Waals surface area contributed by atoms with Gasteiger partial charge in [0.2, 0.25) is 5.91 Å². The molecule has 0 rings (SSSR count). The smallest absolute Gasteiger partial charge is 0.456 e. The minimum atomic E-state index is -4.46. The maximum atomic E-state index is 13.6. The highest BCUT2D eigenvalue weighted by Gasteiger charge is 2.30. The summed E-state index contributed by atoms with van der Waals surface area (Å²) in [7, 11) is 1.48. The van der Waals surface area contributed by atoms with Crippen LogP contribution in [0.1, 0.15) is 303 Å². The Morgan fingerprint density at radius 1 is 0.434 bits per heavy atom. The first-order chi connectivity index (χ1) is 40.4. The van der Waals surface area contributed by atoms with E-state index in [0.29, 0.717) is 17.4 Å². The molecule has 0 heterocycles. The van der Waals surface area contributed by atoms with Gasteiger partial charge in [0.1, 0.15) is 19.3 Å². The van der Waals surface area contributed by atoms with Gasteiger partial charge in [0.15, 0.2) is 0 Å². The zero-order valence-electron chi connectivity index (χ0n) is 54.9. The monoisotopic (exact) mass is 1180 g/mol. The van der Waals surface area contributed by atoms with Crippen molar-refractivity contribution in [2.45, 2.75) is 315 Å². The first-order valence-electron chi connectivity index (χ1n) is 34.6. The highest BCUT2D eigenvalue weighted by Crippen LogP contribution is 2.43. The van der Waals surface area contributed by atoms with E-state index in [2.05, 4.69) is 111 Å². The van der Waals surface area contributed by atoms with E-state index in [9.17, 15) is 19.0 Å². The number of hydrogen-bond acceptors (Lipinski definition) is 6. The molecule has 0 aromatic rings. The standard InChI is InChI=1S/C73H131N2O7P/c1-7-10-13-16-19-22-25-28-30-32-34-36-37-39-41-43-45-48-51-54-57-60-63-66-73(77)82-71(64-61-58-55-52-49-46-27-24-21-18-15-12-9-3)70(69-81-83(78,79)80-68-67-75(4,5)6)74-72(76)65-62-59-56-53-50-47-44-42-40-38-35-33-31-29-26-23-20-17-14-11-8-2/h11,14,19-20,22-23,28-31,35,38,42,44,61,64,70-71H,7-10,12-13,15-18,21,24-27,32-34,36-37,39-41,43,45-60,62-63,65-69H2,1-6H3,(H-,74,76,78,79)/p+1/b14-11-,22-19-,23-20-,30-28-,31-29-,38-35-,44-42-,64-61+. The average molecular weight is 1180 g/mol. The third-order valence-corrected chi connectivity index (χ3v) is 16.0. The van der Waals surface area contributed by atoms with E-state index in [1.54, 1.807) is 0 Å². The molecule has 1 amide bonds. The van der Waals surface area contributed by atoms with Gasteiger partial charge in [-0.2, -0.15) is 0 Å². The molecular formula is C73H132N2O7P+. The van der Waals surface area contributed by atoms with E-state index in [-0.39, 0.29) is 31.5 Å². The number of unbranched alkanes of at least 4 members (excludes halogenated alkanes) is 32. The lowest BCUT2D eigenvalue weighted by Gasteiger charge is -2.27. The van der Waals surface area contributed by atoms with Gasteiger partial charge in [-0.1, -0.05) is 279 Å². The molecule has 0 spiro atoms. The van der Waals surface area contributed by atoms with Crippen LogP contribution in [0.25, 0.3) is 0 Å². The number of rotatable bonds is 62. The van der Waals surface area contributed by atoms with Gasteiger partial charge in [0.05, 0.1) is 33.8 Å². The number of likely N-dealkylation sites (N-methyl/N-ethyl adjacent to an activating group) is 1. The molecule has 0 aromatic carbocycles. The Morgan fingerprint density at radius 2 is 0.771 bits per heavy atom. The third kappa shape index (κ3) is 63.3. The van der Waals surface area contributed by atoms with Crippen molar-refractivity contribution in [1.29, 1.82) is 0 Å². The van der Waals surface area contributed by atoms with E-state index < -0.39 is 20.0 Å². The summed E-state index contributed by atoms with van der Waals surface area (Å²) < 4.78 is 30.8. The zero-order valence-corrected chi connectivity index (χ0v) is 55.8. The number of ether oxygens (including phenoxy) is 1. The molecular weight excluding hydrogens is 1050 g/mol. The predicted molar refractivity (Wildman–Crippen MR) is 360 cm³/mol. The van der Waals surface area contributed by atoms with Crippen LogP contribution in [-0.4, -0.2) is 74.3 Å². The van der Waals surface area contributed by atoms with Crippen molar-refractivity contribution < 1.29 is 37.3 Å². The molecule has 3 unspecified atom stereocenters. The van der Waals surface area contributed by atoms with Gasteiger partial charge in [-0.25, -0.2) is 4.57 Å². The fourth-order valence-corrected chi connectivity index (χ4v) is 10.4. The fourth-order valence-electron chi connectivity index (χ4n) is 9.70. The summed E-state index contributed by atoms with van der Waals surface area (Å²) in [5, 5.41) is 3.06. The van der Waals surface area contributed by atoms with Crippen LogP contribution in [0.5, 0.6) is 0 Å². The topological polar surface area (TPSA) is 111 Å². The molecule has 83 heavy (non-hydrogen) atoms. The lowest BCUT2D eigenvalue weighted by Crippen LogP contribution is -2.47. The Morgan fingerprint density at radius 3 is 1.18 bits per heavy atom. The minimum Gasteiger partial charge on any atom is -0.456 e. The van der Waals surface area contributed by atoms with Crippen LogP contribution in [-0.2, 0) is 27.9 Å². The number of carbonyl (C=O) groups is 2. The van der Waals surface area contributed by atoms with Crippen LogP contribution in [0, 0.1) is 0 Å². The van der Waals surface area contributed by atoms with Crippen molar-refractivity contribution in [2.75, 3.05) is 40.9 Å². The quantitative estimate of drug-likeness (QED) is 0.0205. The predicted octanol–water partition coefficient (Wildman–Crippen LogP) is 21.9. The summed E-state index contributed by atoms with van der Waals surface area (Å²) in [4.78, 5) is 37.9. The van der Waals surface area contributed by atoms with Crippen LogP contribution in [0.15, 0.2) is 97.2 Å². The number of phosphoric ester groups is 1. The molecule has 480 valence electrons. The largest absolute Gasteiger partial charge is 0.472 e. The highest BCUT2D eigenvalue weighted by molar-refractivity contribution is 7.47. The molecule has 0 fully saturated rings. The average Bonchev–Trinajstić information content (AvgIpc) is 3.46. The van der Waals surface area contributed by atoms with Gasteiger partial charge in [-0.05, 0) is 109 Å². The second-order valence-corrected chi connectivity index (χ2v) is 25.8. The van der Waals surface area contributed by atoms with E-state index in [1.165, 1.54) is 154 Å². The van der Waals surface area contributed by atoms with Crippen molar-refractivity contribution in [3.8, 4) is 0 Å². The van der Waals surface area contributed by atoms with Crippen molar-refractivity contribution in [2.24, 2.45) is 0 Å². The Balaban J connectivity index is 5.19. The van der Waals surface area contributed by atoms with Crippen LogP contribution in [0.3, 0.4) is 0 Å². The van der Waals surface area contributed by atoms with Crippen molar-refractivity contribution in [3.63, 3.8) is 0 Å². The number of carbonyl (C=O) groups excluding carboxylic acids is 2. The number of allylic oxidation sites excluding steroid dienone is 15. The van der Waals surface area contributed by atoms with Crippen LogP contribution in [0.2, 0.25) is 0 Å². The van der Waals surface area contributed by atoms with Gasteiger partial charge in [0.25, 0.3) is 0 Å². The van der Waals surface area contributed by atoms with Crippen LogP contribution in [0.4, 0.5) is 0 Å². The van der Waals surface area contributed by atoms with Gasteiger partial charge in [0, 0.05) is 12.8 Å². The summed E-state index contributed by atoms with van der Waals surface area (Å²) in [6.45, 7) is 6.88. The first kappa shape index (κ1) is 79.9. The molecule has 0 aliphatic rings. The second kappa shape index (κ2) is 62.0. The summed E-state index contributed by atoms with van der Waals surface area (Å²) in [6, 6.07) is -0.865. The maximum Gasteiger partial charge on any atom is 0.472 e. The van der Waals surface area contributed by atoms with Gasteiger partial charge in [-0.3, -0.25) is 18.6 Å². The Hall–Kier alpha value is -3.07. The van der Waals surface area contributed by atoms with Crippen molar-refractivity contribution in [3.05, 3.63) is 97.2 Å². The third-order valence-electron chi connectivity index (χ3n) is 15.0. The lowest BCUT2D eigenvalue weighted by atomic mass is 10.0. The lowest BCUT2D eigenvalue weighted by molar-refractivity contribution is -0.870. The molecule has 0 saturated heterocycles. The Kier molecular flexibility index (Phi) is 59.7.